The number of fused-ring (bicyclic) bond motifs is 2. The molecule has 2 aromatic rings. The molecule has 0 spiro atoms. The minimum absolute atomic E-state index is 0.167. The predicted molar refractivity (Wildman–Crippen MR) is 63.1 cm³/mol. The van der Waals surface area contributed by atoms with E-state index in [1.54, 1.807) is 7.11 Å². The molecule has 0 unspecified atom stereocenters. The fourth-order valence-electron chi connectivity index (χ4n) is 2.47. The number of benzene rings is 1. The van der Waals surface area contributed by atoms with E-state index in [-0.39, 0.29) is 5.43 Å². The van der Waals surface area contributed by atoms with Crippen molar-refractivity contribution in [3.63, 3.8) is 0 Å². The Bertz CT molecular complexity index is 613. The van der Waals surface area contributed by atoms with Crippen molar-refractivity contribution in [3.05, 3.63) is 39.7 Å². The van der Waals surface area contributed by atoms with E-state index in [4.69, 9.17) is 4.74 Å². The molecular formula is C13H13NO2. The van der Waals surface area contributed by atoms with Gasteiger partial charge in [0.05, 0.1) is 12.6 Å². The Balaban J connectivity index is 2.45. The SMILES string of the molecule is COc1cccc2c(=O)c3c([nH]c12)CCC3. The Labute approximate surface area is 93.1 Å². The van der Waals surface area contributed by atoms with Crippen molar-refractivity contribution in [2.24, 2.45) is 0 Å². The van der Waals surface area contributed by atoms with Crippen LogP contribution in [-0.2, 0) is 12.8 Å². The van der Waals surface area contributed by atoms with Gasteiger partial charge in [0.25, 0.3) is 0 Å². The zero-order valence-corrected chi connectivity index (χ0v) is 9.17. The second-order valence-corrected chi connectivity index (χ2v) is 4.15. The molecule has 0 amide bonds. The Morgan fingerprint density at radius 2 is 2.19 bits per heavy atom. The summed E-state index contributed by atoms with van der Waals surface area (Å²) < 4.78 is 5.27. The van der Waals surface area contributed by atoms with E-state index in [1.165, 1.54) is 0 Å². The molecule has 82 valence electrons. The summed E-state index contributed by atoms with van der Waals surface area (Å²) in [7, 11) is 1.63. The summed E-state index contributed by atoms with van der Waals surface area (Å²) in [5.41, 5.74) is 3.04. The number of hydrogen-bond acceptors (Lipinski definition) is 2. The molecule has 3 heteroatoms. The monoisotopic (exact) mass is 215 g/mol. The highest BCUT2D eigenvalue weighted by atomic mass is 16.5. The van der Waals surface area contributed by atoms with Gasteiger partial charge in [-0.25, -0.2) is 0 Å². The smallest absolute Gasteiger partial charge is 0.192 e. The lowest BCUT2D eigenvalue weighted by molar-refractivity contribution is 0.419. The molecule has 0 radical (unpaired) electrons. The normalized spacial score (nSPS) is 14.1. The number of aryl methyl sites for hydroxylation is 1. The third-order valence-electron chi connectivity index (χ3n) is 3.26. The number of H-pyrrole nitrogens is 1. The summed E-state index contributed by atoms with van der Waals surface area (Å²) >= 11 is 0. The number of aromatic amines is 1. The van der Waals surface area contributed by atoms with Gasteiger partial charge in [-0.2, -0.15) is 0 Å². The molecular weight excluding hydrogens is 202 g/mol. The minimum Gasteiger partial charge on any atom is -0.495 e. The molecule has 0 fully saturated rings. The van der Waals surface area contributed by atoms with Gasteiger partial charge >= 0.3 is 0 Å². The third kappa shape index (κ3) is 1.18. The fraction of sp³-hybridized carbons (Fsp3) is 0.308. The summed E-state index contributed by atoms with van der Waals surface area (Å²) in [5.74, 6) is 0.740. The second kappa shape index (κ2) is 3.37. The Morgan fingerprint density at radius 1 is 1.31 bits per heavy atom. The average molecular weight is 215 g/mol. The first-order chi connectivity index (χ1) is 7.81. The molecule has 0 saturated carbocycles. The van der Waals surface area contributed by atoms with Crippen molar-refractivity contribution in [1.82, 2.24) is 4.98 Å². The van der Waals surface area contributed by atoms with Crippen LogP contribution in [0.2, 0.25) is 0 Å². The number of rotatable bonds is 1. The maximum atomic E-state index is 12.2. The van der Waals surface area contributed by atoms with E-state index in [9.17, 15) is 4.79 Å². The van der Waals surface area contributed by atoms with Crippen LogP contribution in [0.4, 0.5) is 0 Å². The largest absolute Gasteiger partial charge is 0.495 e. The number of methoxy groups -OCH3 is 1. The van der Waals surface area contributed by atoms with E-state index < -0.39 is 0 Å². The number of ether oxygens (including phenoxy) is 1. The van der Waals surface area contributed by atoms with Crippen molar-refractivity contribution >= 4 is 10.9 Å². The summed E-state index contributed by atoms with van der Waals surface area (Å²) in [6.45, 7) is 0. The molecule has 1 aromatic heterocycles. The van der Waals surface area contributed by atoms with Gasteiger partial charge < -0.3 is 9.72 Å². The lowest BCUT2D eigenvalue weighted by Gasteiger charge is -2.07. The third-order valence-corrected chi connectivity index (χ3v) is 3.26. The Kier molecular flexibility index (Phi) is 1.99. The molecule has 0 bridgehead atoms. The molecule has 3 nitrogen and oxygen atoms in total. The molecule has 0 saturated heterocycles. The highest BCUT2D eigenvalue weighted by molar-refractivity contribution is 5.85. The van der Waals surface area contributed by atoms with Crippen molar-refractivity contribution in [2.45, 2.75) is 19.3 Å². The maximum Gasteiger partial charge on any atom is 0.192 e. The zero-order valence-electron chi connectivity index (χ0n) is 9.17. The quantitative estimate of drug-likeness (QED) is 0.790. The van der Waals surface area contributed by atoms with Gasteiger partial charge in [0.2, 0.25) is 0 Å². The van der Waals surface area contributed by atoms with Gasteiger partial charge in [0, 0.05) is 16.6 Å². The van der Waals surface area contributed by atoms with Gasteiger partial charge in [0.1, 0.15) is 5.75 Å². The molecule has 1 heterocycles. The highest BCUT2D eigenvalue weighted by Crippen LogP contribution is 2.25. The second-order valence-electron chi connectivity index (χ2n) is 4.15. The Morgan fingerprint density at radius 3 is 3.00 bits per heavy atom. The molecule has 0 atom stereocenters. The summed E-state index contributed by atoms with van der Waals surface area (Å²) in [6.07, 6.45) is 2.94. The number of aromatic nitrogens is 1. The van der Waals surface area contributed by atoms with Crippen LogP contribution in [0.1, 0.15) is 17.7 Å². The van der Waals surface area contributed by atoms with Crippen LogP contribution >= 0.6 is 0 Å². The number of hydrogen-bond donors (Lipinski definition) is 1. The van der Waals surface area contributed by atoms with Crippen LogP contribution in [0.25, 0.3) is 10.9 Å². The molecule has 1 aromatic carbocycles. The van der Waals surface area contributed by atoms with Gasteiger partial charge in [-0.15, -0.1) is 0 Å². The van der Waals surface area contributed by atoms with E-state index in [0.29, 0.717) is 0 Å². The van der Waals surface area contributed by atoms with E-state index in [0.717, 1.165) is 47.2 Å². The molecule has 0 aliphatic heterocycles. The molecule has 16 heavy (non-hydrogen) atoms. The maximum absolute atomic E-state index is 12.2. The van der Waals surface area contributed by atoms with E-state index >= 15 is 0 Å². The molecule has 1 aliphatic carbocycles. The highest BCUT2D eigenvalue weighted by Gasteiger charge is 2.18. The van der Waals surface area contributed by atoms with Crippen LogP contribution in [-0.4, -0.2) is 12.1 Å². The summed E-state index contributed by atoms with van der Waals surface area (Å²) in [4.78, 5) is 15.6. The average Bonchev–Trinajstić information content (AvgIpc) is 2.77. The van der Waals surface area contributed by atoms with Crippen molar-refractivity contribution < 1.29 is 4.74 Å². The zero-order chi connectivity index (χ0) is 11.1. The van der Waals surface area contributed by atoms with Crippen LogP contribution in [0.3, 0.4) is 0 Å². The van der Waals surface area contributed by atoms with Crippen LogP contribution in [0, 0.1) is 0 Å². The molecule has 1 N–H and O–H groups in total. The van der Waals surface area contributed by atoms with Crippen LogP contribution < -0.4 is 10.2 Å². The van der Waals surface area contributed by atoms with Crippen LogP contribution in [0.5, 0.6) is 5.75 Å². The van der Waals surface area contributed by atoms with Gasteiger partial charge in [-0.1, -0.05) is 6.07 Å². The number of pyridine rings is 1. The first-order valence-corrected chi connectivity index (χ1v) is 5.52. The first-order valence-electron chi connectivity index (χ1n) is 5.52. The van der Waals surface area contributed by atoms with E-state index in [1.807, 2.05) is 18.2 Å². The summed E-state index contributed by atoms with van der Waals surface area (Å²) in [5, 5.41) is 0.736. The number of nitrogens with one attached hydrogen (secondary N) is 1. The van der Waals surface area contributed by atoms with Gasteiger partial charge in [-0.3, -0.25) is 4.79 Å². The van der Waals surface area contributed by atoms with E-state index in [2.05, 4.69) is 4.98 Å². The summed E-state index contributed by atoms with van der Waals surface area (Å²) in [6, 6.07) is 5.59. The lowest BCUT2D eigenvalue weighted by atomic mass is 10.1. The van der Waals surface area contributed by atoms with Gasteiger partial charge in [0.15, 0.2) is 5.43 Å². The van der Waals surface area contributed by atoms with Crippen molar-refractivity contribution in [2.75, 3.05) is 7.11 Å². The topological polar surface area (TPSA) is 42.1 Å². The predicted octanol–water partition coefficient (Wildman–Crippen LogP) is 2.03. The molecule has 1 aliphatic rings. The van der Waals surface area contributed by atoms with Crippen molar-refractivity contribution in [1.29, 1.82) is 0 Å². The van der Waals surface area contributed by atoms with Crippen LogP contribution in [0.15, 0.2) is 23.0 Å². The number of para-hydroxylation sites is 1. The Hall–Kier alpha value is -1.77. The lowest BCUT2D eigenvalue weighted by Crippen LogP contribution is -2.10. The van der Waals surface area contributed by atoms with Crippen molar-refractivity contribution in [3.8, 4) is 5.75 Å². The van der Waals surface area contributed by atoms with Gasteiger partial charge in [-0.05, 0) is 31.4 Å². The standard InChI is InChI=1S/C13H13NO2/c1-16-11-7-3-5-9-12(11)14-10-6-2-4-8(10)13(9)15/h3,5,7H,2,4,6H2,1H3,(H,14,15). The first kappa shape index (κ1) is 9.46. The fourth-order valence-corrected chi connectivity index (χ4v) is 2.47. The molecule has 3 rings (SSSR count). The minimum atomic E-state index is 0.167.